The van der Waals surface area contributed by atoms with Gasteiger partial charge in [-0.2, -0.15) is 9.97 Å². The predicted molar refractivity (Wildman–Crippen MR) is 205 cm³/mol. The predicted octanol–water partition coefficient (Wildman–Crippen LogP) is 11.1. The van der Waals surface area contributed by atoms with Gasteiger partial charge in [-0.15, -0.1) is 0 Å². The average molecular weight is 645 g/mol. The number of benzene rings is 7. The summed E-state index contributed by atoms with van der Waals surface area (Å²) in [5, 5.41) is 4.19. The van der Waals surface area contributed by atoms with Gasteiger partial charge in [0.2, 0.25) is 5.95 Å². The average Bonchev–Trinajstić information content (AvgIpc) is 3.76. The minimum atomic E-state index is -0.412. The fourth-order valence-corrected chi connectivity index (χ4v) is 7.05. The van der Waals surface area contributed by atoms with Gasteiger partial charge in [-0.05, 0) is 35.4 Å². The molecule has 0 amide bonds. The molecule has 0 bridgehead atoms. The number of para-hydroxylation sites is 2. The zero-order valence-electron chi connectivity index (χ0n) is 31.6. The van der Waals surface area contributed by atoms with Gasteiger partial charge in [-0.3, -0.25) is 4.57 Å². The van der Waals surface area contributed by atoms with E-state index in [1.54, 1.807) is 0 Å². The second-order valence-corrected chi connectivity index (χ2v) is 12.1. The van der Waals surface area contributed by atoms with Crippen LogP contribution in [0, 0.1) is 0 Å². The Bertz CT molecular complexity index is 3050. The minimum Gasteiger partial charge on any atom is -0.307 e. The largest absolute Gasteiger partial charge is 0.307 e. The number of hydrogen-bond acceptors (Lipinski definition) is 3. The van der Waals surface area contributed by atoms with E-state index in [0.29, 0.717) is 23.2 Å². The van der Waals surface area contributed by atoms with Gasteiger partial charge in [0.05, 0.1) is 28.9 Å². The smallest absolute Gasteiger partial charge is 0.238 e. The third kappa shape index (κ3) is 4.45. The van der Waals surface area contributed by atoms with Gasteiger partial charge in [-0.1, -0.05) is 152 Å². The Morgan fingerprint density at radius 3 is 1.46 bits per heavy atom. The molecule has 0 N–H and O–H groups in total. The molecule has 234 valence electrons. The first kappa shape index (κ1) is 23.5. The van der Waals surface area contributed by atoms with Gasteiger partial charge in [-0.25, -0.2) is 4.98 Å². The Morgan fingerprint density at radius 2 is 0.880 bits per heavy atom. The van der Waals surface area contributed by atoms with Crippen LogP contribution in [0.15, 0.2) is 176 Å². The topological polar surface area (TPSA) is 48.5 Å². The Balaban J connectivity index is 1.29. The summed E-state index contributed by atoms with van der Waals surface area (Å²) < 4.78 is 46.0. The van der Waals surface area contributed by atoms with Crippen LogP contribution in [-0.2, 0) is 0 Å². The fraction of sp³-hybridized carbons (Fsp3) is 0. The van der Waals surface area contributed by atoms with Crippen LogP contribution in [0.2, 0.25) is 0 Å². The number of fused-ring (bicyclic) bond motifs is 7. The molecule has 10 aromatic rings. The number of nitrogens with zero attached hydrogens (tertiary/aromatic N) is 5. The molecule has 0 saturated carbocycles. The Hall–Kier alpha value is -6.85. The summed E-state index contributed by atoms with van der Waals surface area (Å²) in [4.78, 5) is 15.3. The highest BCUT2D eigenvalue weighted by atomic mass is 15.2. The van der Waals surface area contributed by atoms with Gasteiger partial charge in [0, 0.05) is 38.4 Å². The highest BCUT2D eigenvalue weighted by molar-refractivity contribution is 6.23. The first-order valence-corrected chi connectivity index (χ1v) is 16.4. The zero-order valence-corrected chi connectivity index (χ0v) is 26.6. The van der Waals surface area contributed by atoms with Gasteiger partial charge >= 0.3 is 0 Å². The van der Waals surface area contributed by atoms with E-state index in [-0.39, 0.29) is 29.7 Å². The van der Waals surface area contributed by atoms with Gasteiger partial charge in [0.15, 0.2) is 11.6 Å². The van der Waals surface area contributed by atoms with Crippen molar-refractivity contribution in [1.29, 1.82) is 0 Å². The fourth-order valence-electron chi connectivity index (χ4n) is 7.05. The molecule has 0 atom stereocenters. The quantitative estimate of drug-likeness (QED) is 0.187. The SMILES string of the molecule is [2H]c1c([2H])c([2H])c(-c2ccc(-n3c4ccccc4c4ccc5c6ccccc6n(-c6nc(-c7ccccc7)nc(-c7ccccc7)n6)c5c43)cc2)c([2H])c1[2H]. The van der Waals surface area contributed by atoms with Crippen molar-refractivity contribution in [2.24, 2.45) is 0 Å². The lowest BCUT2D eigenvalue weighted by Crippen LogP contribution is -2.07. The Morgan fingerprint density at radius 1 is 0.380 bits per heavy atom. The number of aromatic nitrogens is 5. The molecule has 0 unspecified atom stereocenters. The van der Waals surface area contributed by atoms with Crippen molar-refractivity contribution in [3.8, 4) is 45.5 Å². The molecule has 50 heavy (non-hydrogen) atoms. The van der Waals surface area contributed by atoms with Gasteiger partial charge < -0.3 is 4.57 Å². The molecule has 5 heteroatoms. The Labute approximate surface area is 295 Å². The molecule has 0 spiro atoms. The van der Waals surface area contributed by atoms with E-state index < -0.39 is 6.04 Å². The van der Waals surface area contributed by atoms with Crippen LogP contribution >= 0.6 is 0 Å². The molecule has 0 aliphatic rings. The molecule has 0 radical (unpaired) electrons. The van der Waals surface area contributed by atoms with E-state index in [4.69, 9.17) is 21.8 Å². The van der Waals surface area contributed by atoms with Crippen molar-refractivity contribution in [2.75, 3.05) is 0 Å². The number of rotatable bonds is 5. The molecule has 3 heterocycles. The van der Waals surface area contributed by atoms with E-state index in [1.807, 2.05) is 109 Å². The van der Waals surface area contributed by atoms with Gasteiger partial charge in [0.1, 0.15) is 0 Å². The molecular formula is C45H29N5. The van der Waals surface area contributed by atoms with Crippen LogP contribution in [0.4, 0.5) is 0 Å². The molecule has 0 aliphatic heterocycles. The van der Waals surface area contributed by atoms with Crippen molar-refractivity contribution in [1.82, 2.24) is 24.1 Å². The van der Waals surface area contributed by atoms with Crippen molar-refractivity contribution in [3.63, 3.8) is 0 Å². The maximum Gasteiger partial charge on any atom is 0.238 e. The van der Waals surface area contributed by atoms with Crippen molar-refractivity contribution >= 4 is 43.6 Å². The van der Waals surface area contributed by atoms with Crippen LogP contribution in [-0.4, -0.2) is 24.1 Å². The summed E-state index contributed by atoms with van der Waals surface area (Å²) in [7, 11) is 0. The van der Waals surface area contributed by atoms with E-state index in [9.17, 15) is 0 Å². The molecule has 0 fully saturated rings. The molecule has 10 rings (SSSR count). The maximum atomic E-state index is 8.57. The normalized spacial score (nSPS) is 13.0. The van der Waals surface area contributed by atoms with Crippen molar-refractivity contribution in [3.05, 3.63) is 176 Å². The third-order valence-electron chi connectivity index (χ3n) is 9.27. The molecule has 7 aromatic carbocycles. The first-order valence-electron chi connectivity index (χ1n) is 18.9. The van der Waals surface area contributed by atoms with E-state index in [0.717, 1.165) is 60.4 Å². The summed E-state index contributed by atoms with van der Waals surface area (Å²) in [6.45, 7) is 0. The summed E-state index contributed by atoms with van der Waals surface area (Å²) >= 11 is 0. The summed E-state index contributed by atoms with van der Waals surface area (Å²) in [6.07, 6.45) is 0. The van der Waals surface area contributed by atoms with Crippen molar-refractivity contribution in [2.45, 2.75) is 0 Å². The zero-order chi connectivity index (χ0) is 37.4. The van der Waals surface area contributed by atoms with Crippen LogP contribution in [0.25, 0.3) is 89.2 Å². The van der Waals surface area contributed by atoms with E-state index >= 15 is 0 Å². The molecule has 5 nitrogen and oxygen atoms in total. The monoisotopic (exact) mass is 644 g/mol. The Kier molecular flexibility index (Phi) is 5.35. The summed E-state index contributed by atoms with van der Waals surface area (Å²) in [6, 6.07) is 46.7. The van der Waals surface area contributed by atoms with E-state index in [2.05, 4.69) is 45.5 Å². The number of hydrogen-bond donors (Lipinski definition) is 0. The minimum absolute atomic E-state index is 0.167. The standard InChI is InChI=1S/C45H29N5/c1-4-14-30(15-5-1)31-24-26-34(27-25-31)49-39-22-12-10-20-35(39)37-28-29-38-36-21-11-13-23-40(36)50(42(38)41(37)49)45-47-43(32-16-6-2-7-17-32)46-44(48-45)33-18-8-3-9-19-33/h1-29H/i1D,4D,5D,14D,15D. The second-order valence-electron chi connectivity index (χ2n) is 12.1. The second kappa shape index (κ2) is 11.4. The van der Waals surface area contributed by atoms with E-state index in [1.165, 1.54) is 0 Å². The van der Waals surface area contributed by atoms with Crippen LogP contribution in [0.5, 0.6) is 0 Å². The molecule has 0 aliphatic carbocycles. The lowest BCUT2D eigenvalue weighted by Gasteiger charge is -2.13. The maximum absolute atomic E-state index is 8.57. The first-order chi connectivity index (χ1) is 26.9. The van der Waals surface area contributed by atoms with Gasteiger partial charge in [0.25, 0.3) is 0 Å². The highest BCUT2D eigenvalue weighted by Crippen LogP contribution is 2.41. The molecule has 0 saturated heterocycles. The lowest BCUT2D eigenvalue weighted by molar-refractivity contribution is 0.953. The lowest BCUT2D eigenvalue weighted by atomic mass is 10.1. The van der Waals surface area contributed by atoms with Crippen LogP contribution in [0.1, 0.15) is 6.85 Å². The molecular weight excluding hydrogens is 611 g/mol. The van der Waals surface area contributed by atoms with Crippen molar-refractivity contribution < 1.29 is 6.85 Å². The van der Waals surface area contributed by atoms with Crippen LogP contribution in [0.3, 0.4) is 0 Å². The summed E-state index contributed by atoms with van der Waals surface area (Å²) in [5.74, 6) is 1.61. The molecule has 3 aromatic heterocycles. The van der Waals surface area contributed by atoms with Crippen LogP contribution < -0.4 is 0 Å². The summed E-state index contributed by atoms with van der Waals surface area (Å²) in [5.41, 5.74) is 7.11. The highest BCUT2D eigenvalue weighted by Gasteiger charge is 2.23. The third-order valence-corrected chi connectivity index (χ3v) is 9.27.